The first-order valence-electron chi connectivity index (χ1n) is 4.80. The fourth-order valence-corrected chi connectivity index (χ4v) is 1.37. The molecule has 0 amide bonds. The summed E-state index contributed by atoms with van der Waals surface area (Å²) in [5.74, 6) is 0. The minimum absolute atomic E-state index is 1.25. The number of hydrogen-bond acceptors (Lipinski definition) is 3. The van der Waals surface area contributed by atoms with Gasteiger partial charge in [0, 0.05) is 0 Å². The standard InChI is InChI=1S/C7H16N.CHF3O3S/c1-8(2)6-4-3-5-7-8;2-1(3,4)8(5,6)7/h3-7H2,1-2H3;(H,5,6,7)/q+1;/p-1. The zero-order chi connectivity index (χ0) is 13.0. The zero-order valence-electron chi connectivity index (χ0n) is 9.25. The van der Waals surface area contributed by atoms with E-state index in [1.54, 1.807) is 0 Å². The first-order valence-corrected chi connectivity index (χ1v) is 6.21. The molecule has 0 aromatic carbocycles. The van der Waals surface area contributed by atoms with E-state index in [0.717, 1.165) is 0 Å². The highest BCUT2D eigenvalue weighted by molar-refractivity contribution is 7.86. The van der Waals surface area contributed by atoms with Crippen molar-refractivity contribution in [1.82, 2.24) is 0 Å². The molecule has 1 aliphatic heterocycles. The predicted molar refractivity (Wildman–Crippen MR) is 51.4 cm³/mol. The lowest BCUT2D eigenvalue weighted by Crippen LogP contribution is -2.43. The molecule has 4 nitrogen and oxygen atoms in total. The predicted octanol–water partition coefficient (Wildman–Crippen LogP) is 1.30. The second-order valence-electron chi connectivity index (χ2n) is 4.34. The van der Waals surface area contributed by atoms with Gasteiger partial charge in [0.15, 0.2) is 10.1 Å². The molecule has 0 aromatic rings. The van der Waals surface area contributed by atoms with Crippen LogP contribution < -0.4 is 0 Å². The van der Waals surface area contributed by atoms with Gasteiger partial charge in [-0.2, -0.15) is 13.2 Å². The first kappa shape index (κ1) is 15.7. The highest BCUT2D eigenvalue weighted by Crippen LogP contribution is 2.20. The van der Waals surface area contributed by atoms with Crippen molar-refractivity contribution in [3.8, 4) is 0 Å². The van der Waals surface area contributed by atoms with Crippen LogP contribution in [0.2, 0.25) is 0 Å². The summed E-state index contributed by atoms with van der Waals surface area (Å²) in [4.78, 5) is 0. The molecule has 0 atom stereocenters. The van der Waals surface area contributed by atoms with Gasteiger partial charge in [-0.15, -0.1) is 0 Å². The van der Waals surface area contributed by atoms with Crippen molar-refractivity contribution in [2.75, 3.05) is 27.2 Å². The quantitative estimate of drug-likeness (QED) is 0.376. The number of piperidine rings is 1. The first-order chi connectivity index (χ1) is 6.96. The van der Waals surface area contributed by atoms with Crippen molar-refractivity contribution in [2.45, 2.75) is 24.8 Å². The van der Waals surface area contributed by atoms with E-state index >= 15 is 0 Å². The molecular weight excluding hydrogens is 247 g/mol. The van der Waals surface area contributed by atoms with Crippen LogP contribution in [0.5, 0.6) is 0 Å². The minimum atomic E-state index is -6.09. The molecule has 0 unspecified atom stereocenters. The average Bonchev–Trinajstić information content (AvgIpc) is 2.00. The van der Waals surface area contributed by atoms with Gasteiger partial charge in [0.1, 0.15) is 0 Å². The molecule has 0 aromatic heterocycles. The van der Waals surface area contributed by atoms with Crippen LogP contribution in [0.1, 0.15) is 19.3 Å². The molecule has 1 fully saturated rings. The molecule has 0 radical (unpaired) electrons. The number of nitrogens with zero attached hydrogens (tertiary/aromatic N) is 1. The third kappa shape index (κ3) is 6.29. The smallest absolute Gasteiger partial charge is 0.485 e. The highest BCUT2D eigenvalue weighted by Gasteiger charge is 2.36. The Balaban J connectivity index is 0.000000281. The van der Waals surface area contributed by atoms with Crippen LogP contribution in [0.25, 0.3) is 0 Å². The van der Waals surface area contributed by atoms with Crippen molar-refractivity contribution < 1.29 is 30.6 Å². The van der Waals surface area contributed by atoms with E-state index in [9.17, 15) is 13.2 Å². The van der Waals surface area contributed by atoms with Gasteiger partial charge in [-0.25, -0.2) is 8.42 Å². The van der Waals surface area contributed by atoms with Crippen molar-refractivity contribution in [3.63, 3.8) is 0 Å². The minimum Gasteiger partial charge on any atom is -0.741 e. The van der Waals surface area contributed by atoms with Gasteiger partial charge < -0.3 is 9.04 Å². The summed E-state index contributed by atoms with van der Waals surface area (Å²) >= 11 is 0. The Bertz CT molecular complexity index is 303. The lowest BCUT2D eigenvalue weighted by molar-refractivity contribution is -0.894. The molecule has 0 bridgehead atoms. The van der Waals surface area contributed by atoms with E-state index in [1.165, 1.54) is 36.8 Å². The van der Waals surface area contributed by atoms with E-state index in [1.807, 2.05) is 0 Å². The van der Waals surface area contributed by atoms with Crippen molar-refractivity contribution >= 4 is 10.1 Å². The van der Waals surface area contributed by atoms with E-state index < -0.39 is 15.6 Å². The molecule has 16 heavy (non-hydrogen) atoms. The molecule has 0 saturated carbocycles. The molecule has 1 aliphatic rings. The summed E-state index contributed by atoms with van der Waals surface area (Å²) in [6, 6.07) is 0. The van der Waals surface area contributed by atoms with E-state index in [4.69, 9.17) is 13.0 Å². The van der Waals surface area contributed by atoms with Crippen LogP contribution in [0, 0.1) is 0 Å². The number of rotatable bonds is 0. The Morgan fingerprint density at radius 3 is 1.50 bits per heavy atom. The van der Waals surface area contributed by atoms with Gasteiger partial charge >= 0.3 is 5.51 Å². The van der Waals surface area contributed by atoms with Gasteiger partial charge in [-0.1, -0.05) is 0 Å². The Morgan fingerprint density at radius 2 is 1.38 bits per heavy atom. The van der Waals surface area contributed by atoms with Crippen LogP contribution in [0.15, 0.2) is 0 Å². The molecule has 0 aliphatic carbocycles. The summed E-state index contributed by atoms with van der Waals surface area (Å²) in [6.45, 7) is 2.78. The number of quaternary nitrogens is 1. The maximum Gasteiger partial charge on any atom is 0.485 e. The normalized spacial score (nSPS) is 20.9. The van der Waals surface area contributed by atoms with Gasteiger partial charge in [-0.3, -0.25) is 0 Å². The summed E-state index contributed by atoms with van der Waals surface area (Å²) < 4.78 is 60.2. The third-order valence-electron chi connectivity index (χ3n) is 2.31. The fourth-order valence-electron chi connectivity index (χ4n) is 1.37. The Kier molecular flexibility index (Phi) is 5.21. The maximum absolute atomic E-state index is 10.7. The van der Waals surface area contributed by atoms with Crippen molar-refractivity contribution in [3.05, 3.63) is 0 Å². The van der Waals surface area contributed by atoms with Crippen LogP contribution in [-0.2, 0) is 10.1 Å². The van der Waals surface area contributed by atoms with E-state index in [2.05, 4.69) is 14.1 Å². The van der Waals surface area contributed by atoms with Crippen LogP contribution in [0.4, 0.5) is 13.2 Å². The van der Waals surface area contributed by atoms with Gasteiger partial charge in [0.05, 0.1) is 27.2 Å². The maximum atomic E-state index is 10.7. The summed E-state index contributed by atoms with van der Waals surface area (Å²) in [5, 5.41) is 0. The second kappa shape index (κ2) is 5.33. The van der Waals surface area contributed by atoms with Crippen LogP contribution >= 0.6 is 0 Å². The fraction of sp³-hybridized carbons (Fsp3) is 1.00. The third-order valence-corrected chi connectivity index (χ3v) is 2.88. The van der Waals surface area contributed by atoms with Gasteiger partial charge in [0.25, 0.3) is 0 Å². The molecular formula is C8H16F3NO3S. The summed E-state index contributed by atoms with van der Waals surface area (Å²) in [7, 11) is -1.45. The number of hydrogen-bond donors (Lipinski definition) is 0. The largest absolute Gasteiger partial charge is 0.741 e. The zero-order valence-corrected chi connectivity index (χ0v) is 10.1. The topological polar surface area (TPSA) is 57.2 Å². The van der Waals surface area contributed by atoms with Gasteiger partial charge in [0.2, 0.25) is 0 Å². The van der Waals surface area contributed by atoms with Gasteiger partial charge in [-0.05, 0) is 19.3 Å². The second-order valence-corrected chi connectivity index (χ2v) is 5.71. The molecule has 8 heteroatoms. The average molecular weight is 263 g/mol. The lowest BCUT2D eigenvalue weighted by atomic mass is 10.1. The monoisotopic (exact) mass is 263 g/mol. The molecule has 1 rings (SSSR count). The Labute approximate surface area is 93.4 Å². The van der Waals surface area contributed by atoms with Crippen molar-refractivity contribution in [2.24, 2.45) is 0 Å². The Hall–Kier alpha value is -0.340. The number of alkyl halides is 3. The highest BCUT2D eigenvalue weighted by atomic mass is 32.2. The van der Waals surface area contributed by atoms with E-state index in [-0.39, 0.29) is 0 Å². The van der Waals surface area contributed by atoms with Crippen LogP contribution in [-0.4, -0.2) is 50.1 Å². The van der Waals surface area contributed by atoms with E-state index in [0.29, 0.717) is 0 Å². The number of likely N-dealkylation sites (tertiary alicyclic amines) is 1. The summed E-state index contributed by atoms with van der Waals surface area (Å²) in [5.41, 5.74) is -5.65. The molecule has 1 heterocycles. The lowest BCUT2D eigenvalue weighted by Gasteiger charge is -2.33. The summed E-state index contributed by atoms with van der Waals surface area (Å²) in [6.07, 6.45) is 4.34. The van der Waals surface area contributed by atoms with Crippen molar-refractivity contribution in [1.29, 1.82) is 0 Å². The molecule has 1 saturated heterocycles. The SMILES string of the molecule is C[N+]1(C)CCCCC1.O=S(=O)([O-])C(F)(F)F. The molecule has 0 N–H and O–H groups in total. The number of halogens is 3. The molecule has 0 spiro atoms. The molecule has 98 valence electrons. The Morgan fingerprint density at radius 1 is 1.06 bits per heavy atom. The van der Waals surface area contributed by atoms with Crippen LogP contribution in [0.3, 0.4) is 0 Å².